The molecular weight excluding hydrogens is 226 g/mol. The van der Waals surface area contributed by atoms with E-state index in [1.807, 2.05) is 18.2 Å². The number of aliphatic hydroxyl groups excluding tert-OH is 1. The van der Waals surface area contributed by atoms with Crippen LogP contribution in [0.3, 0.4) is 0 Å². The Morgan fingerprint density at radius 2 is 2.17 bits per heavy atom. The standard InChI is InChI=1S/C15H23NO2/c1-2-8-16-9-10-18-15(12-16)14(17)11-13-6-4-3-5-7-13/h3-7,14-15,17H,2,8-12H2,1H3. The van der Waals surface area contributed by atoms with Crippen molar-refractivity contribution in [2.75, 3.05) is 26.2 Å². The van der Waals surface area contributed by atoms with Crippen molar-refractivity contribution in [2.45, 2.75) is 32.0 Å². The van der Waals surface area contributed by atoms with Crippen LogP contribution in [0.1, 0.15) is 18.9 Å². The van der Waals surface area contributed by atoms with Crippen molar-refractivity contribution in [3.63, 3.8) is 0 Å². The van der Waals surface area contributed by atoms with Crippen LogP contribution in [0, 0.1) is 0 Å². The Morgan fingerprint density at radius 3 is 2.89 bits per heavy atom. The van der Waals surface area contributed by atoms with E-state index in [0.717, 1.165) is 32.7 Å². The highest BCUT2D eigenvalue weighted by Gasteiger charge is 2.26. The van der Waals surface area contributed by atoms with Crippen LogP contribution < -0.4 is 0 Å². The van der Waals surface area contributed by atoms with Gasteiger partial charge in [-0.15, -0.1) is 0 Å². The molecule has 0 bridgehead atoms. The molecule has 1 saturated heterocycles. The number of ether oxygens (including phenoxy) is 1. The van der Waals surface area contributed by atoms with E-state index < -0.39 is 6.10 Å². The van der Waals surface area contributed by atoms with Crippen molar-refractivity contribution >= 4 is 0 Å². The second-order valence-corrected chi connectivity index (χ2v) is 4.97. The monoisotopic (exact) mass is 249 g/mol. The summed E-state index contributed by atoms with van der Waals surface area (Å²) in [7, 11) is 0. The van der Waals surface area contributed by atoms with Gasteiger partial charge in [-0.2, -0.15) is 0 Å². The summed E-state index contributed by atoms with van der Waals surface area (Å²) in [5.41, 5.74) is 1.17. The summed E-state index contributed by atoms with van der Waals surface area (Å²) < 4.78 is 5.70. The minimum absolute atomic E-state index is 0.0505. The van der Waals surface area contributed by atoms with Crippen LogP contribution >= 0.6 is 0 Å². The lowest BCUT2D eigenvalue weighted by Crippen LogP contribution is -2.48. The van der Waals surface area contributed by atoms with E-state index in [0.29, 0.717) is 6.42 Å². The molecule has 0 saturated carbocycles. The second kappa shape index (κ2) is 6.88. The van der Waals surface area contributed by atoms with E-state index >= 15 is 0 Å². The molecule has 100 valence electrons. The summed E-state index contributed by atoms with van der Waals surface area (Å²) in [6.07, 6.45) is 1.37. The van der Waals surface area contributed by atoms with Crippen LogP contribution in [0.15, 0.2) is 30.3 Å². The molecule has 1 N–H and O–H groups in total. The maximum Gasteiger partial charge on any atom is 0.0964 e. The number of morpholine rings is 1. The van der Waals surface area contributed by atoms with E-state index in [2.05, 4.69) is 24.0 Å². The molecule has 1 aromatic rings. The molecule has 2 unspecified atom stereocenters. The molecule has 0 aliphatic carbocycles. The minimum Gasteiger partial charge on any atom is -0.390 e. The molecule has 18 heavy (non-hydrogen) atoms. The molecule has 0 radical (unpaired) electrons. The van der Waals surface area contributed by atoms with Gasteiger partial charge in [0, 0.05) is 19.5 Å². The molecular formula is C15H23NO2. The largest absolute Gasteiger partial charge is 0.390 e. The lowest BCUT2D eigenvalue weighted by molar-refractivity contribution is -0.0877. The Labute approximate surface area is 109 Å². The predicted octanol–water partition coefficient (Wildman–Crippen LogP) is 1.70. The fraction of sp³-hybridized carbons (Fsp3) is 0.600. The fourth-order valence-electron chi connectivity index (χ4n) is 2.47. The van der Waals surface area contributed by atoms with Gasteiger partial charge in [-0.3, -0.25) is 4.90 Å². The van der Waals surface area contributed by atoms with Crippen molar-refractivity contribution in [3.8, 4) is 0 Å². The highest BCUT2D eigenvalue weighted by molar-refractivity contribution is 5.15. The van der Waals surface area contributed by atoms with Gasteiger partial charge < -0.3 is 9.84 Å². The molecule has 2 atom stereocenters. The molecule has 3 heteroatoms. The van der Waals surface area contributed by atoms with Gasteiger partial charge in [0.25, 0.3) is 0 Å². The zero-order chi connectivity index (χ0) is 12.8. The maximum absolute atomic E-state index is 10.3. The van der Waals surface area contributed by atoms with E-state index in [4.69, 9.17) is 4.74 Å². The van der Waals surface area contributed by atoms with Crippen molar-refractivity contribution in [1.29, 1.82) is 0 Å². The molecule has 1 aromatic carbocycles. The van der Waals surface area contributed by atoms with Crippen molar-refractivity contribution in [3.05, 3.63) is 35.9 Å². The number of hydrogen-bond donors (Lipinski definition) is 1. The average molecular weight is 249 g/mol. The van der Waals surface area contributed by atoms with Gasteiger partial charge >= 0.3 is 0 Å². The fourth-order valence-corrected chi connectivity index (χ4v) is 2.47. The third-order valence-electron chi connectivity index (χ3n) is 3.43. The highest BCUT2D eigenvalue weighted by Crippen LogP contribution is 2.13. The zero-order valence-corrected chi connectivity index (χ0v) is 11.1. The van der Waals surface area contributed by atoms with Gasteiger partial charge in [0.1, 0.15) is 0 Å². The molecule has 1 aliphatic heterocycles. The quantitative estimate of drug-likeness (QED) is 0.862. The molecule has 1 fully saturated rings. The van der Waals surface area contributed by atoms with Crippen LogP contribution in [0.4, 0.5) is 0 Å². The summed E-state index contributed by atoms with van der Waals surface area (Å²) in [6.45, 7) is 5.85. The van der Waals surface area contributed by atoms with Crippen molar-refractivity contribution in [2.24, 2.45) is 0 Å². The third kappa shape index (κ3) is 3.80. The number of aliphatic hydroxyl groups is 1. The van der Waals surface area contributed by atoms with Gasteiger partial charge in [-0.05, 0) is 18.5 Å². The molecule has 0 spiro atoms. The van der Waals surface area contributed by atoms with Crippen molar-refractivity contribution in [1.82, 2.24) is 4.90 Å². The first-order valence-corrected chi connectivity index (χ1v) is 6.85. The topological polar surface area (TPSA) is 32.7 Å². The van der Waals surface area contributed by atoms with Gasteiger partial charge in [-0.1, -0.05) is 37.3 Å². The Balaban J connectivity index is 1.86. The van der Waals surface area contributed by atoms with Gasteiger partial charge in [0.15, 0.2) is 0 Å². The average Bonchev–Trinajstić information content (AvgIpc) is 2.40. The molecule has 3 nitrogen and oxygen atoms in total. The molecule has 0 amide bonds. The van der Waals surface area contributed by atoms with E-state index in [9.17, 15) is 5.11 Å². The highest BCUT2D eigenvalue weighted by atomic mass is 16.5. The Kier molecular flexibility index (Phi) is 5.17. The number of nitrogens with zero attached hydrogens (tertiary/aromatic N) is 1. The SMILES string of the molecule is CCCN1CCOC(C(O)Cc2ccccc2)C1. The Morgan fingerprint density at radius 1 is 1.39 bits per heavy atom. The van der Waals surface area contributed by atoms with E-state index in [1.165, 1.54) is 5.56 Å². The Bertz CT molecular complexity index is 340. The van der Waals surface area contributed by atoms with Gasteiger partial charge in [0.05, 0.1) is 18.8 Å². The summed E-state index contributed by atoms with van der Waals surface area (Å²) in [4.78, 5) is 2.38. The van der Waals surface area contributed by atoms with Crippen LogP contribution in [-0.4, -0.2) is 48.5 Å². The molecule has 0 aromatic heterocycles. The lowest BCUT2D eigenvalue weighted by atomic mass is 10.0. The zero-order valence-electron chi connectivity index (χ0n) is 11.1. The molecule has 1 heterocycles. The second-order valence-electron chi connectivity index (χ2n) is 4.97. The predicted molar refractivity (Wildman–Crippen MR) is 72.6 cm³/mol. The molecule has 1 aliphatic rings. The van der Waals surface area contributed by atoms with Crippen LogP contribution in [0.25, 0.3) is 0 Å². The van der Waals surface area contributed by atoms with E-state index in [-0.39, 0.29) is 6.10 Å². The summed E-state index contributed by atoms with van der Waals surface area (Å²) in [5.74, 6) is 0. The van der Waals surface area contributed by atoms with Crippen molar-refractivity contribution < 1.29 is 9.84 Å². The van der Waals surface area contributed by atoms with Crippen LogP contribution in [0.5, 0.6) is 0 Å². The number of hydrogen-bond acceptors (Lipinski definition) is 3. The first-order valence-electron chi connectivity index (χ1n) is 6.85. The first kappa shape index (κ1) is 13.5. The van der Waals surface area contributed by atoms with E-state index in [1.54, 1.807) is 0 Å². The lowest BCUT2D eigenvalue weighted by Gasteiger charge is -2.35. The van der Waals surface area contributed by atoms with Gasteiger partial charge in [0.2, 0.25) is 0 Å². The first-order chi connectivity index (χ1) is 8.79. The maximum atomic E-state index is 10.3. The smallest absolute Gasteiger partial charge is 0.0964 e. The number of benzene rings is 1. The third-order valence-corrected chi connectivity index (χ3v) is 3.43. The minimum atomic E-state index is -0.410. The molecule has 2 rings (SSSR count). The summed E-state index contributed by atoms with van der Waals surface area (Å²) >= 11 is 0. The van der Waals surface area contributed by atoms with Crippen LogP contribution in [-0.2, 0) is 11.2 Å². The van der Waals surface area contributed by atoms with Crippen LogP contribution in [0.2, 0.25) is 0 Å². The summed E-state index contributed by atoms with van der Waals surface area (Å²) in [6, 6.07) is 10.1. The van der Waals surface area contributed by atoms with Gasteiger partial charge in [-0.25, -0.2) is 0 Å². The number of rotatable bonds is 5. The summed E-state index contributed by atoms with van der Waals surface area (Å²) in [5, 5.41) is 10.3. The normalized spacial score (nSPS) is 22.9. The Hall–Kier alpha value is -0.900.